The number of nitro benzene ring substituents is 1. The van der Waals surface area contributed by atoms with Crippen LogP contribution in [0.15, 0.2) is 30.5 Å². The van der Waals surface area contributed by atoms with E-state index in [1.165, 1.54) is 6.07 Å². The van der Waals surface area contributed by atoms with Crippen molar-refractivity contribution < 1.29 is 19.2 Å². The molecule has 0 bridgehead atoms. The number of aromatic nitrogens is 2. The van der Waals surface area contributed by atoms with Crippen LogP contribution in [-0.4, -0.2) is 33.7 Å². The number of carbonyl (C=O) groups is 2. The molecule has 1 aromatic heterocycles. The second kappa shape index (κ2) is 7.56. The van der Waals surface area contributed by atoms with Gasteiger partial charge in [0.25, 0.3) is 11.6 Å². The molecule has 0 radical (unpaired) electrons. The van der Waals surface area contributed by atoms with Crippen LogP contribution in [0.25, 0.3) is 0 Å². The van der Waals surface area contributed by atoms with Crippen LogP contribution in [0.5, 0.6) is 0 Å². The van der Waals surface area contributed by atoms with Crippen LogP contribution < -0.4 is 5.32 Å². The molecule has 9 heteroatoms. The molecule has 1 atom stereocenters. The van der Waals surface area contributed by atoms with Crippen LogP contribution in [0.4, 0.5) is 11.5 Å². The number of rotatable bonds is 6. The van der Waals surface area contributed by atoms with E-state index in [-0.39, 0.29) is 22.9 Å². The van der Waals surface area contributed by atoms with Crippen LogP contribution in [0.1, 0.15) is 47.0 Å². The maximum absolute atomic E-state index is 12.5. The van der Waals surface area contributed by atoms with Gasteiger partial charge in [-0.15, -0.1) is 0 Å². The highest BCUT2D eigenvalue weighted by Crippen LogP contribution is 2.21. The third-order valence-corrected chi connectivity index (χ3v) is 3.73. The lowest BCUT2D eigenvalue weighted by atomic mass is 10.1. The lowest BCUT2D eigenvalue weighted by Crippen LogP contribution is -2.18. The topological polar surface area (TPSA) is 116 Å². The fourth-order valence-corrected chi connectivity index (χ4v) is 2.21. The fraction of sp³-hybridized carbons (Fsp3) is 0.312. The number of nitro groups is 1. The van der Waals surface area contributed by atoms with Crippen molar-refractivity contribution in [3.8, 4) is 0 Å². The quantitative estimate of drug-likeness (QED) is 0.488. The number of amides is 1. The number of nitrogens with one attached hydrogen (secondary N) is 1. The predicted octanol–water partition coefficient (Wildman–Crippen LogP) is 2.80. The first-order chi connectivity index (χ1) is 11.9. The third kappa shape index (κ3) is 4.00. The maximum atomic E-state index is 12.5. The summed E-state index contributed by atoms with van der Waals surface area (Å²) in [6.45, 7) is 3.94. The molecule has 1 amide bonds. The Morgan fingerprint density at radius 2 is 2.04 bits per heavy atom. The molecule has 0 fully saturated rings. The number of methoxy groups -OCH3 is 1. The highest BCUT2D eigenvalue weighted by atomic mass is 16.6. The maximum Gasteiger partial charge on any atom is 0.338 e. The van der Waals surface area contributed by atoms with Crippen molar-refractivity contribution in [3.63, 3.8) is 0 Å². The van der Waals surface area contributed by atoms with Crippen molar-refractivity contribution in [1.82, 2.24) is 9.78 Å². The monoisotopic (exact) mass is 346 g/mol. The van der Waals surface area contributed by atoms with E-state index in [9.17, 15) is 19.7 Å². The molecule has 1 unspecified atom stereocenters. The smallest absolute Gasteiger partial charge is 0.338 e. The second-order valence-electron chi connectivity index (χ2n) is 5.39. The molecule has 0 aliphatic carbocycles. The molecule has 0 saturated heterocycles. The van der Waals surface area contributed by atoms with E-state index in [0.29, 0.717) is 5.82 Å². The average molecular weight is 346 g/mol. The van der Waals surface area contributed by atoms with Gasteiger partial charge in [0.2, 0.25) is 0 Å². The molecule has 1 aromatic carbocycles. The standard InChI is InChI=1S/C16H18N4O5/c1-4-10(2)19-14(5-6-17-19)18-15(21)11-7-12(16(22)25-3)9-13(8-11)20(23)24/h5-10H,4H2,1-3H3,(H,18,21). The number of anilines is 1. The molecule has 2 rings (SSSR count). The van der Waals surface area contributed by atoms with Gasteiger partial charge < -0.3 is 10.1 Å². The fourth-order valence-electron chi connectivity index (χ4n) is 2.21. The summed E-state index contributed by atoms with van der Waals surface area (Å²) >= 11 is 0. The summed E-state index contributed by atoms with van der Waals surface area (Å²) in [5, 5.41) is 17.9. The van der Waals surface area contributed by atoms with Crippen LogP contribution in [0, 0.1) is 10.1 Å². The number of hydrogen-bond acceptors (Lipinski definition) is 6. The third-order valence-electron chi connectivity index (χ3n) is 3.73. The largest absolute Gasteiger partial charge is 0.465 e. The number of esters is 1. The molecule has 1 N–H and O–H groups in total. The summed E-state index contributed by atoms with van der Waals surface area (Å²) in [6, 6.07) is 5.11. The van der Waals surface area contributed by atoms with Gasteiger partial charge in [0, 0.05) is 23.8 Å². The van der Waals surface area contributed by atoms with Crippen LogP contribution in [-0.2, 0) is 4.74 Å². The number of benzene rings is 1. The molecular formula is C16H18N4O5. The van der Waals surface area contributed by atoms with Gasteiger partial charge in [0.1, 0.15) is 5.82 Å². The Labute approximate surface area is 143 Å². The summed E-state index contributed by atoms with van der Waals surface area (Å²) in [5.74, 6) is -0.883. The minimum Gasteiger partial charge on any atom is -0.465 e. The molecule has 0 aliphatic heterocycles. The van der Waals surface area contributed by atoms with Gasteiger partial charge in [0.05, 0.1) is 29.8 Å². The van der Waals surface area contributed by atoms with Crippen molar-refractivity contribution in [2.45, 2.75) is 26.3 Å². The number of hydrogen-bond donors (Lipinski definition) is 1. The van der Waals surface area contributed by atoms with Gasteiger partial charge in [0.15, 0.2) is 0 Å². The summed E-state index contributed by atoms with van der Waals surface area (Å²) in [6.07, 6.45) is 2.36. The van der Waals surface area contributed by atoms with Gasteiger partial charge >= 0.3 is 5.97 Å². The molecule has 0 spiro atoms. The van der Waals surface area contributed by atoms with E-state index in [1.54, 1.807) is 16.9 Å². The van der Waals surface area contributed by atoms with E-state index in [1.807, 2.05) is 13.8 Å². The molecule has 9 nitrogen and oxygen atoms in total. The molecule has 132 valence electrons. The summed E-state index contributed by atoms with van der Waals surface area (Å²) < 4.78 is 6.22. The Bertz CT molecular complexity index is 815. The SMILES string of the molecule is CCC(C)n1nccc1NC(=O)c1cc(C(=O)OC)cc([N+](=O)[O-])c1. The van der Waals surface area contributed by atoms with E-state index >= 15 is 0 Å². The minimum absolute atomic E-state index is 0.0218. The van der Waals surface area contributed by atoms with Gasteiger partial charge in [-0.2, -0.15) is 5.10 Å². The van der Waals surface area contributed by atoms with E-state index in [0.717, 1.165) is 25.7 Å². The number of non-ortho nitro benzene ring substituents is 1. The number of carbonyl (C=O) groups excluding carboxylic acids is 2. The summed E-state index contributed by atoms with van der Waals surface area (Å²) in [5.41, 5.74) is -0.465. The molecule has 2 aromatic rings. The highest BCUT2D eigenvalue weighted by molar-refractivity contribution is 6.05. The van der Waals surface area contributed by atoms with Crippen molar-refractivity contribution in [2.75, 3.05) is 12.4 Å². The van der Waals surface area contributed by atoms with Crippen molar-refractivity contribution in [1.29, 1.82) is 0 Å². The molecule has 1 heterocycles. The second-order valence-corrected chi connectivity index (χ2v) is 5.39. The van der Waals surface area contributed by atoms with Crippen LogP contribution in [0.3, 0.4) is 0 Å². The first-order valence-electron chi connectivity index (χ1n) is 7.60. The Kier molecular flexibility index (Phi) is 5.48. The van der Waals surface area contributed by atoms with Gasteiger partial charge in [-0.1, -0.05) is 6.92 Å². The Morgan fingerprint density at radius 1 is 1.36 bits per heavy atom. The molecular weight excluding hydrogens is 328 g/mol. The van der Waals surface area contributed by atoms with Crippen molar-refractivity contribution in [2.24, 2.45) is 0 Å². The first-order valence-corrected chi connectivity index (χ1v) is 7.60. The van der Waals surface area contributed by atoms with Crippen LogP contribution in [0.2, 0.25) is 0 Å². The normalized spacial score (nSPS) is 11.6. The minimum atomic E-state index is -0.762. The summed E-state index contributed by atoms with van der Waals surface area (Å²) in [4.78, 5) is 34.5. The van der Waals surface area contributed by atoms with Crippen molar-refractivity contribution >= 4 is 23.4 Å². The van der Waals surface area contributed by atoms with Crippen LogP contribution >= 0.6 is 0 Å². The zero-order chi connectivity index (χ0) is 18.6. The average Bonchev–Trinajstić information content (AvgIpc) is 3.07. The van der Waals surface area contributed by atoms with E-state index in [4.69, 9.17) is 0 Å². The number of nitrogens with zero attached hydrogens (tertiary/aromatic N) is 3. The van der Waals surface area contributed by atoms with Gasteiger partial charge in [-0.25, -0.2) is 9.48 Å². The Balaban J connectivity index is 2.36. The zero-order valence-electron chi connectivity index (χ0n) is 14.1. The predicted molar refractivity (Wildman–Crippen MR) is 89.6 cm³/mol. The van der Waals surface area contributed by atoms with E-state index < -0.39 is 16.8 Å². The van der Waals surface area contributed by atoms with Gasteiger partial charge in [-0.05, 0) is 19.4 Å². The molecule has 0 aliphatic rings. The molecule has 25 heavy (non-hydrogen) atoms. The number of ether oxygens (including phenoxy) is 1. The lowest BCUT2D eigenvalue weighted by Gasteiger charge is -2.14. The van der Waals surface area contributed by atoms with Crippen molar-refractivity contribution in [3.05, 3.63) is 51.7 Å². The molecule has 0 saturated carbocycles. The highest BCUT2D eigenvalue weighted by Gasteiger charge is 2.19. The van der Waals surface area contributed by atoms with E-state index in [2.05, 4.69) is 15.2 Å². The Morgan fingerprint density at radius 3 is 2.64 bits per heavy atom. The summed E-state index contributed by atoms with van der Waals surface area (Å²) in [7, 11) is 1.16. The lowest BCUT2D eigenvalue weighted by molar-refractivity contribution is -0.384. The Hall–Kier alpha value is -3.23. The van der Waals surface area contributed by atoms with Gasteiger partial charge in [-0.3, -0.25) is 14.9 Å². The zero-order valence-corrected chi connectivity index (χ0v) is 14.1. The first kappa shape index (κ1) is 18.1.